The Kier molecular flexibility index (Phi) is 20.0. The van der Waals surface area contributed by atoms with Crippen LogP contribution in [0.4, 0.5) is 0 Å². The number of carbonyl (C=O) groups excluding carboxylic acids is 4. The zero-order valence-electron chi connectivity index (χ0n) is 37.4. The van der Waals surface area contributed by atoms with E-state index in [-0.39, 0.29) is 0 Å². The standard InChI is InChI=1S/C38H62N4O27/c1-11(46)39-21-15(50)5-37(35(59)60,67-30(21)25(54)17(52)7-43)63-10-20-28(57)29(23(33(58)64-20)41-13(3)48)66-34-24(42-14(4)49)32(27(56)19(9-45)65-34)69-38(36(61)62)6-16(51)22(40-12(2)47)31(68-38)26(55)18(53)8-44/h15-34,43-45,50-58H,5-10H2,1-4H3,(H,39,46)(H,40,47)(H,41,48)(H,42,49)(H,59,60)(H,61,62)/t15-,16-,17+,18+,19+,20+,21+,22+,23+,24+,25+,26+,27-,28-,29+,30+,31+,32+,33?,34-,37+,38-/m0/s1. The quantitative estimate of drug-likeness (QED) is 0.0538. The summed E-state index contributed by atoms with van der Waals surface area (Å²) in [6.45, 7) is -0.623. The van der Waals surface area contributed by atoms with Crippen LogP contribution in [0.25, 0.3) is 0 Å². The predicted octanol–water partition coefficient (Wildman–Crippen LogP) is -10.8. The molecule has 4 saturated heterocycles. The first-order valence-corrected chi connectivity index (χ1v) is 21.3. The van der Waals surface area contributed by atoms with Crippen molar-refractivity contribution in [3.05, 3.63) is 0 Å². The van der Waals surface area contributed by atoms with E-state index >= 15 is 0 Å². The van der Waals surface area contributed by atoms with Crippen LogP contribution in [-0.4, -0.2) is 267 Å². The predicted molar refractivity (Wildman–Crippen MR) is 215 cm³/mol. The third kappa shape index (κ3) is 13.1. The van der Waals surface area contributed by atoms with Crippen molar-refractivity contribution in [2.45, 2.75) is 174 Å². The third-order valence-electron chi connectivity index (χ3n) is 11.8. The van der Waals surface area contributed by atoms with Crippen LogP contribution in [0.15, 0.2) is 0 Å². The van der Waals surface area contributed by atoms with E-state index in [0.717, 1.165) is 27.7 Å². The average Bonchev–Trinajstić information content (AvgIpc) is 3.27. The number of carbonyl (C=O) groups is 6. The Balaban J connectivity index is 1.74. The second-order valence-electron chi connectivity index (χ2n) is 17.0. The number of amides is 4. The molecule has 0 aromatic carbocycles. The number of aliphatic hydroxyl groups is 12. The zero-order chi connectivity index (χ0) is 52.0. The smallest absolute Gasteiger partial charge is 0.364 e. The maximum Gasteiger partial charge on any atom is 0.364 e. The van der Waals surface area contributed by atoms with E-state index in [2.05, 4.69) is 21.3 Å². The van der Waals surface area contributed by atoms with Gasteiger partial charge in [-0.3, -0.25) is 19.2 Å². The highest BCUT2D eigenvalue weighted by molar-refractivity contribution is 5.78. The lowest BCUT2D eigenvalue weighted by atomic mass is 9.88. The fraction of sp³-hybridized carbons (Fsp3) is 0.842. The monoisotopic (exact) mass is 1010 g/mol. The van der Waals surface area contributed by atoms with E-state index in [0.29, 0.717) is 0 Å². The summed E-state index contributed by atoms with van der Waals surface area (Å²) in [4.78, 5) is 75.2. The maximum absolute atomic E-state index is 13.1. The van der Waals surface area contributed by atoms with Gasteiger partial charge < -0.3 is 126 Å². The lowest BCUT2D eigenvalue weighted by molar-refractivity contribution is -0.367. The topological polar surface area (TPSA) is 498 Å². The Bertz CT molecular complexity index is 1800. The normalized spacial score (nSPS) is 40.0. The summed E-state index contributed by atoms with van der Waals surface area (Å²) < 4.78 is 40.0. The summed E-state index contributed by atoms with van der Waals surface area (Å²) in [5.74, 6) is -13.7. The first-order valence-electron chi connectivity index (χ1n) is 21.3. The van der Waals surface area contributed by atoms with Crippen LogP contribution in [0.3, 0.4) is 0 Å². The molecule has 18 N–H and O–H groups in total. The molecule has 0 aliphatic carbocycles. The molecule has 0 bridgehead atoms. The highest BCUT2D eigenvalue weighted by atomic mass is 16.8. The van der Waals surface area contributed by atoms with Crippen molar-refractivity contribution >= 4 is 35.6 Å². The highest BCUT2D eigenvalue weighted by Gasteiger charge is 2.61. The van der Waals surface area contributed by atoms with Crippen LogP contribution in [0.2, 0.25) is 0 Å². The molecule has 4 rings (SSSR count). The van der Waals surface area contributed by atoms with Crippen LogP contribution in [0.5, 0.6) is 0 Å². The number of nitrogens with one attached hydrogen (secondary N) is 4. The zero-order valence-corrected chi connectivity index (χ0v) is 37.4. The van der Waals surface area contributed by atoms with Crippen LogP contribution < -0.4 is 21.3 Å². The number of hydrogen-bond acceptors (Lipinski definition) is 25. The molecule has 4 amide bonds. The SMILES string of the molecule is CC(=O)N[C@H]1[C@H](O[C@H]2[C@@H](O)[C@@H](CO[C@]3(C(=O)O)C[C@H](O)[C@@H](NC(C)=O)[C@H]([C@H](O)[C@H](O)CO)O3)OC(O)[C@@H]2NC(C)=O)O[C@H](CO)[C@H](O)[C@@H]1O[C@]1(C(=O)O)C[C@H](O)[C@@H](NC(C)=O)[C@H]([C@H](O)[C@H](O)CO)O1. The molecule has 4 aliphatic heterocycles. The number of ether oxygens (including phenoxy) is 7. The summed E-state index contributed by atoms with van der Waals surface area (Å²) in [7, 11) is 0. The molecule has 1 unspecified atom stereocenters. The molecule has 31 heteroatoms. The molecule has 4 heterocycles. The fourth-order valence-electron chi connectivity index (χ4n) is 8.45. The molecule has 396 valence electrons. The second-order valence-corrected chi connectivity index (χ2v) is 17.0. The maximum atomic E-state index is 13.1. The van der Waals surface area contributed by atoms with E-state index in [1.54, 1.807) is 0 Å². The van der Waals surface area contributed by atoms with Crippen molar-refractivity contribution in [2.75, 3.05) is 26.4 Å². The van der Waals surface area contributed by atoms with Crippen LogP contribution in [-0.2, 0) is 61.9 Å². The molecule has 22 atom stereocenters. The molecule has 4 fully saturated rings. The molecule has 0 radical (unpaired) electrons. The summed E-state index contributed by atoms with van der Waals surface area (Å²) in [5.41, 5.74) is 0. The van der Waals surface area contributed by atoms with Crippen molar-refractivity contribution < 1.29 is 133 Å². The largest absolute Gasteiger partial charge is 0.477 e. The Hall–Kier alpha value is -3.94. The first kappa shape index (κ1) is 57.6. The molecule has 69 heavy (non-hydrogen) atoms. The minimum atomic E-state index is -3.20. The molecular formula is C38H62N4O27. The summed E-state index contributed by atoms with van der Waals surface area (Å²) >= 11 is 0. The van der Waals surface area contributed by atoms with E-state index in [4.69, 9.17) is 33.2 Å². The van der Waals surface area contributed by atoms with Gasteiger partial charge in [0.25, 0.3) is 11.6 Å². The number of carboxylic acids is 2. The average molecular weight is 1010 g/mol. The van der Waals surface area contributed by atoms with Gasteiger partial charge in [-0.15, -0.1) is 0 Å². The van der Waals surface area contributed by atoms with E-state index < -0.39 is 209 Å². The molecular weight excluding hydrogens is 944 g/mol. The summed E-state index contributed by atoms with van der Waals surface area (Å²) in [6, 6.07) is -7.09. The first-order chi connectivity index (χ1) is 32.2. The van der Waals surface area contributed by atoms with Crippen molar-refractivity contribution in [1.29, 1.82) is 0 Å². The minimum absolute atomic E-state index is 0.794. The number of rotatable bonds is 20. The van der Waals surface area contributed by atoms with Crippen molar-refractivity contribution in [1.82, 2.24) is 21.3 Å². The lowest BCUT2D eigenvalue weighted by Gasteiger charge is -2.52. The minimum Gasteiger partial charge on any atom is -0.477 e. The molecule has 0 aromatic heterocycles. The Morgan fingerprint density at radius 1 is 0.594 bits per heavy atom. The lowest BCUT2D eigenvalue weighted by Crippen LogP contribution is -2.73. The van der Waals surface area contributed by atoms with Crippen LogP contribution in [0.1, 0.15) is 40.5 Å². The van der Waals surface area contributed by atoms with Gasteiger partial charge in [0.15, 0.2) is 12.6 Å². The second kappa shape index (κ2) is 24.0. The van der Waals surface area contributed by atoms with Gasteiger partial charge in [-0.05, 0) is 0 Å². The number of aliphatic carboxylic acids is 2. The van der Waals surface area contributed by atoms with Gasteiger partial charge in [-0.1, -0.05) is 0 Å². The van der Waals surface area contributed by atoms with E-state index in [9.17, 15) is 100 Å². The number of hydrogen-bond donors (Lipinski definition) is 18. The fourth-order valence-corrected chi connectivity index (χ4v) is 8.45. The van der Waals surface area contributed by atoms with Crippen molar-refractivity contribution in [3.8, 4) is 0 Å². The Morgan fingerprint density at radius 2 is 1.01 bits per heavy atom. The van der Waals surface area contributed by atoms with Gasteiger partial charge in [0.1, 0.15) is 85.3 Å². The number of carboxylic acid groups (broad SMARTS) is 2. The molecule has 0 saturated carbocycles. The van der Waals surface area contributed by atoms with Gasteiger partial charge in [-0.2, -0.15) is 0 Å². The van der Waals surface area contributed by atoms with Crippen LogP contribution >= 0.6 is 0 Å². The van der Waals surface area contributed by atoms with E-state index in [1.165, 1.54) is 0 Å². The molecule has 0 spiro atoms. The van der Waals surface area contributed by atoms with Gasteiger partial charge in [0.05, 0.1) is 50.7 Å². The van der Waals surface area contributed by atoms with Crippen molar-refractivity contribution in [3.63, 3.8) is 0 Å². The summed E-state index contributed by atoms with van der Waals surface area (Å²) in [6.07, 6.45) is -35.4. The van der Waals surface area contributed by atoms with E-state index in [1.807, 2.05) is 0 Å². The van der Waals surface area contributed by atoms with Gasteiger partial charge in [0, 0.05) is 40.5 Å². The van der Waals surface area contributed by atoms with Gasteiger partial charge >= 0.3 is 11.9 Å². The highest BCUT2D eigenvalue weighted by Crippen LogP contribution is 2.39. The molecule has 0 aromatic rings. The van der Waals surface area contributed by atoms with Gasteiger partial charge in [-0.25, -0.2) is 9.59 Å². The van der Waals surface area contributed by atoms with Gasteiger partial charge in [0.2, 0.25) is 23.6 Å². The Labute approximate surface area is 390 Å². The van der Waals surface area contributed by atoms with Crippen molar-refractivity contribution in [2.24, 2.45) is 0 Å². The number of aliphatic hydroxyl groups excluding tert-OH is 12. The van der Waals surface area contributed by atoms with Crippen LogP contribution in [0, 0.1) is 0 Å². The molecule has 4 aliphatic rings. The molecule has 31 nitrogen and oxygen atoms in total. The third-order valence-corrected chi connectivity index (χ3v) is 11.8. The summed E-state index contributed by atoms with van der Waals surface area (Å²) in [5, 5.41) is 158. The Morgan fingerprint density at radius 3 is 1.45 bits per heavy atom.